The highest BCUT2D eigenvalue weighted by atomic mass is 35.5. The molecule has 0 radical (unpaired) electrons. The Morgan fingerprint density at radius 2 is 2.03 bits per heavy atom. The zero-order valence-corrected chi connectivity index (χ0v) is 16.5. The summed E-state index contributed by atoms with van der Waals surface area (Å²) < 4.78 is 24.4. The molecule has 2 aromatic carbocycles. The van der Waals surface area contributed by atoms with Crippen molar-refractivity contribution in [1.29, 1.82) is 0 Å². The minimum Gasteiger partial charge on any atom is -0.489 e. The largest absolute Gasteiger partial charge is 0.489 e. The van der Waals surface area contributed by atoms with Crippen LogP contribution in [0.5, 0.6) is 11.5 Å². The van der Waals surface area contributed by atoms with E-state index in [1.54, 1.807) is 24.3 Å². The van der Waals surface area contributed by atoms with Crippen LogP contribution in [0.2, 0.25) is 5.02 Å². The summed E-state index contributed by atoms with van der Waals surface area (Å²) in [6.45, 7) is 0.878. The highest BCUT2D eigenvalue weighted by Gasteiger charge is 2.15. The number of carbonyl (C=O) groups is 2. The summed E-state index contributed by atoms with van der Waals surface area (Å²) in [5.74, 6) is -0.228. The van der Waals surface area contributed by atoms with Gasteiger partial charge in [-0.15, -0.1) is 0 Å². The van der Waals surface area contributed by atoms with Gasteiger partial charge in [-0.1, -0.05) is 17.7 Å². The minimum absolute atomic E-state index is 0.179. The average molecular weight is 419 g/mol. The second-order valence-corrected chi connectivity index (χ2v) is 6.87. The number of anilines is 1. The molecule has 2 amide bonds. The number of fused-ring (bicyclic) bond motifs is 1. The van der Waals surface area contributed by atoms with Gasteiger partial charge in [-0.25, -0.2) is 4.39 Å². The normalized spacial score (nSPS) is 13.1. The van der Waals surface area contributed by atoms with Crippen LogP contribution >= 0.6 is 11.6 Å². The van der Waals surface area contributed by atoms with Gasteiger partial charge in [0, 0.05) is 25.2 Å². The average Bonchev–Trinajstić information content (AvgIpc) is 2.92. The predicted octanol–water partition coefficient (Wildman–Crippen LogP) is 3.75. The fourth-order valence-corrected chi connectivity index (χ4v) is 2.98. The molecule has 3 rings (SSSR count). The maximum absolute atomic E-state index is 13.2. The van der Waals surface area contributed by atoms with E-state index in [-0.39, 0.29) is 12.5 Å². The predicted molar refractivity (Wildman–Crippen MR) is 109 cm³/mol. The van der Waals surface area contributed by atoms with Crippen molar-refractivity contribution in [2.45, 2.75) is 6.42 Å². The van der Waals surface area contributed by atoms with Crippen LogP contribution in [0.25, 0.3) is 6.08 Å². The van der Waals surface area contributed by atoms with E-state index in [9.17, 15) is 14.0 Å². The van der Waals surface area contributed by atoms with Crippen molar-refractivity contribution in [2.75, 3.05) is 32.1 Å². The minimum atomic E-state index is -0.455. The lowest BCUT2D eigenvalue weighted by Crippen LogP contribution is -2.33. The van der Waals surface area contributed by atoms with Crippen molar-refractivity contribution in [2.24, 2.45) is 0 Å². The molecule has 1 N–H and O–H groups in total. The van der Waals surface area contributed by atoms with E-state index in [0.717, 1.165) is 6.42 Å². The first kappa shape index (κ1) is 20.7. The van der Waals surface area contributed by atoms with Gasteiger partial charge < -0.3 is 19.7 Å². The van der Waals surface area contributed by atoms with E-state index in [2.05, 4.69) is 5.32 Å². The van der Waals surface area contributed by atoms with Crippen LogP contribution in [0, 0.1) is 5.82 Å². The number of carbonyl (C=O) groups excluding carboxylic acids is 2. The van der Waals surface area contributed by atoms with Crippen molar-refractivity contribution < 1.29 is 23.5 Å². The molecule has 152 valence electrons. The van der Waals surface area contributed by atoms with E-state index >= 15 is 0 Å². The molecule has 0 bridgehead atoms. The van der Waals surface area contributed by atoms with E-state index in [4.69, 9.17) is 21.1 Å². The molecule has 1 aliphatic heterocycles. The lowest BCUT2D eigenvalue weighted by atomic mass is 10.2. The Labute approximate surface area is 172 Å². The molecule has 0 saturated heterocycles. The van der Waals surface area contributed by atoms with Crippen LogP contribution in [0.1, 0.15) is 12.0 Å². The van der Waals surface area contributed by atoms with Crippen molar-refractivity contribution in [1.82, 2.24) is 4.90 Å². The van der Waals surface area contributed by atoms with Gasteiger partial charge in [0.1, 0.15) is 5.82 Å². The first-order valence-electron chi connectivity index (χ1n) is 9.00. The number of nitrogens with one attached hydrogen (secondary N) is 1. The smallest absolute Gasteiger partial charge is 0.246 e. The molecule has 0 spiro atoms. The van der Waals surface area contributed by atoms with E-state index in [0.29, 0.717) is 41.0 Å². The van der Waals surface area contributed by atoms with Gasteiger partial charge >= 0.3 is 0 Å². The molecule has 2 aromatic rings. The van der Waals surface area contributed by atoms with Crippen LogP contribution in [0.15, 0.2) is 42.5 Å². The van der Waals surface area contributed by atoms with Gasteiger partial charge in [0.05, 0.1) is 24.8 Å². The lowest BCUT2D eigenvalue weighted by molar-refractivity contribution is -0.129. The number of hydrogen-bond acceptors (Lipinski definition) is 4. The Morgan fingerprint density at radius 1 is 1.24 bits per heavy atom. The summed E-state index contributed by atoms with van der Waals surface area (Å²) in [6, 6.07) is 8.96. The summed E-state index contributed by atoms with van der Waals surface area (Å²) in [5, 5.41) is 2.95. The number of hydrogen-bond donors (Lipinski definition) is 1. The highest BCUT2D eigenvalue weighted by Crippen LogP contribution is 2.38. The van der Waals surface area contributed by atoms with Gasteiger partial charge in [-0.05, 0) is 42.0 Å². The summed E-state index contributed by atoms with van der Waals surface area (Å²) in [5.41, 5.74) is 0.999. The Hall–Kier alpha value is -3.06. The molecule has 6 nitrogen and oxygen atoms in total. The molecule has 1 aliphatic rings. The molecule has 0 atom stereocenters. The molecular formula is C21H20ClFN2O4. The van der Waals surface area contributed by atoms with Crippen LogP contribution < -0.4 is 14.8 Å². The molecule has 0 aromatic heterocycles. The zero-order valence-electron chi connectivity index (χ0n) is 15.8. The second-order valence-electron chi connectivity index (χ2n) is 6.47. The second kappa shape index (κ2) is 9.43. The van der Waals surface area contributed by atoms with E-state index in [1.807, 2.05) is 0 Å². The SMILES string of the molecule is CN(CC(=O)Nc1cccc(F)c1)C(=O)/C=C/c1cc(Cl)c2c(c1)OCCCO2. The highest BCUT2D eigenvalue weighted by molar-refractivity contribution is 6.32. The van der Waals surface area contributed by atoms with Crippen molar-refractivity contribution in [3.8, 4) is 11.5 Å². The number of benzene rings is 2. The standard InChI is InChI=1S/C21H20ClFN2O4/c1-25(13-19(26)24-16-5-2-4-15(23)12-16)20(27)7-6-14-10-17(22)21-18(11-14)28-8-3-9-29-21/h2,4-7,10-12H,3,8-9,13H2,1H3,(H,24,26)/b7-6+. The third-order valence-corrected chi connectivity index (χ3v) is 4.39. The number of halogens is 2. The first-order chi connectivity index (χ1) is 13.9. The topological polar surface area (TPSA) is 67.9 Å². The number of likely N-dealkylation sites (N-methyl/N-ethyl adjacent to an activating group) is 1. The fourth-order valence-electron chi connectivity index (χ4n) is 2.70. The molecule has 8 heteroatoms. The lowest BCUT2D eigenvalue weighted by Gasteiger charge is -2.15. The van der Waals surface area contributed by atoms with Gasteiger partial charge in [-0.3, -0.25) is 9.59 Å². The van der Waals surface area contributed by atoms with E-state index in [1.165, 1.54) is 36.2 Å². The zero-order chi connectivity index (χ0) is 20.8. The Bertz CT molecular complexity index is 948. The van der Waals surface area contributed by atoms with Crippen molar-refractivity contribution in [3.63, 3.8) is 0 Å². The summed E-state index contributed by atoms with van der Waals surface area (Å²) >= 11 is 6.24. The number of rotatable bonds is 5. The number of nitrogens with zero attached hydrogens (tertiary/aromatic N) is 1. The quantitative estimate of drug-likeness (QED) is 0.751. The Morgan fingerprint density at radius 3 is 2.83 bits per heavy atom. The third-order valence-electron chi connectivity index (χ3n) is 4.11. The van der Waals surface area contributed by atoms with Crippen LogP contribution in [0.3, 0.4) is 0 Å². The van der Waals surface area contributed by atoms with Gasteiger partial charge in [0.15, 0.2) is 11.5 Å². The maximum Gasteiger partial charge on any atom is 0.246 e. The molecule has 29 heavy (non-hydrogen) atoms. The molecule has 0 saturated carbocycles. The molecule has 0 fully saturated rings. The molecule has 0 aliphatic carbocycles. The molecule has 1 heterocycles. The first-order valence-corrected chi connectivity index (χ1v) is 9.38. The van der Waals surface area contributed by atoms with Crippen LogP contribution in [-0.2, 0) is 9.59 Å². The Balaban J connectivity index is 1.60. The maximum atomic E-state index is 13.2. The number of ether oxygens (including phenoxy) is 2. The van der Waals surface area contributed by atoms with Crippen molar-refractivity contribution in [3.05, 3.63) is 58.9 Å². The monoisotopic (exact) mass is 418 g/mol. The van der Waals surface area contributed by atoms with E-state index < -0.39 is 11.7 Å². The molecular weight excluding hydrogens is 399 g/mol. The summed E-state index contributed by atoms with van der Waals surface area (Å²) in [6.07, 6.45) is 3.69. The van der Waals surface area contributed by atoms with Gasteiger partial charge in [0.2, 0.25) is 11.8 Å². The third kappa shape index (κ3) is 5.71. The fraction of sp³-hybridized carbons (Fsp3) is 0.238. The molecule has 0 unspecified atom stereocenters. The van der Waals surface area contributed by atoms with Crippen LogP contribution in [0.4, 0.5) is 10.1 Å². The summed E-state index contributed by atoms with van der Waals surface area (Å²) in [4.78, 5) is 25.6. The summed E-state index contributed by atoms with van der Waals surface area (Å²) in [7, 11) is 1.50. The Kier molecular flexibility index (Phi) is 6.72. The van der Waals surface area contributed by atoms with Gasteiger partial charge in [-0.2, -0.15) is 0 Å². The van der Waals surface area contributed by atoms with Crippen molar-refractivity contribution >= 4 is 35.2 Å². The van der Waals surface area contributed by atoms with Crippen LogP contribution in [-0.4, -0.2) is 43.5 Å². The van der Waals surface area contributed by atoms with Gasteiger partial charge in [0.25, 0.3) is 0 Å². The number of amides is 2.